The molecular weight excluding hydrogens is 460 g/mol. The minimum absolute atomic E-state index is 0.350. The summed E-state index contributed by atoms with van der Waals surface area (Å²) in [5.41, 5.74) is 7.42. The van der Waals surface area contributed by atoms with E-state index in [4.69, 9.17) is 0 Å². The first-order chi connectivity index (χ1) is 13.2. The molecule has 2 heteroatoms. The van der Waals surface area contributed by atoms with E-state index in [9.17, 15) is 0 Å². The first kappa shape index (κ1) is 17.0. The molecule has 0 saturated heterocycles. The first-order valence-electron chi connectivity index (χ1n) is 8.94. The van der Waals surface area contributed by atoms with Crippen molar-refractivity contribution in [2.75, 3.05) is 0 Å². The summed E-state index contributed by atoms with van der Waals surface area (Å²) < 4.78 is 2.19. The number of rotatable bonds is 2. The summed E-state index contributed by atoms with van der Waals surface area (Å²) in [5, 5.41) is 0. The van der Waals surface area contributed by atoms with Crippen LogP contribution in [0.2, 0.25) is 0 Å². The molecular formula is C25H16Br2. The summed E-state index contributed by atoms with van der Waals surface area (Å²) in [5.74, 6) is 0. The topological polar surface area (TPSA) is 0 Å². The highest BCUT2D eigenvalue weighted by atomic mass is 79.9. The van der Waals surface area contributed by atoms with Crippen LogP contribution in [0.5, 0.6) is 0 Å². The van der Waals surface area contributed by atoms with Crippen molar-refractivity contribution >= 4 is 31.9 Å². The maximum atomic E-state index is 3.91. The lowest BCUT2D eigenvalue weighted by molar-refractivity contribution is 0.763. The second kappa shape index (κ2) is 6.47. The van der Waals surface area contributed by atoms with Crippen molar-refractivity contribution in [3.63, 3.8) is 0 Å². The Labute approximate surface area is 176 Å². The van der Waals surface area contributed by atoms with E-state index in [2.05, 4.69) is 129 Å². The molecule has 0 heterocycles. The molecule has 0 fully saturated rings. The van der Waals surface area contributed by atoms with Crippen LogP contribution < -0.4 is 0 Å². The van der Waals surface area contributed by atoms with Crippen LogP contribution in [0.3, 0.4) is 0 Å². The van der Waals surface area contributed by atoms with Gasteiger partial charge in [-0.1, -0.05) is 91.0 Å². The Bertz CT molecular complexity index is 1090. The molecule has 1 aliphatic carbocycles. The summed E-state index contributed by atoms with van der Waals surface area (Å²) in [4.78, 5) is 0. The van der Waals surface area contributed by atoms with Crippen molar-refractivity contribution in [2.45, 2.75) is 5.41 Å². The van der Waals surface area contributed by atoms with E-state index in [0.717, 1.165) is 8.95 Å². The lowest BCUT2D eigenvalue weighted by Crippen LogP contribution is -2.29. The third-order valence-electron chi connectivity index (χ3n) is 5.50. The van der Waals surface area contributed by atoms with Crippen molar-refractivity contribution in [1.29, 1.82) is 0 Å². The van der Waals surface area contributed by atoms with E-state index >= 15 is 0 Å². The van der Waals surface area contributed by atoms with Gasteiger partial charge in [0.2, 0.25) is 0 Å². The van der Waals surface area contributed by atoms with Gasteiger partial charge in [0.15, 0.2) is 0 Å². The van der Waals surface area contributed by atoms with Gasteiger partial charge in [-0.3, -0.25) is 0 Å². The molecule has 0 spiro atoms. The van der Waals surface area contributed by atoms with Crippen molar-refractivity contribution in [3.8, 4) is 11.1 Å². The van der Waals surface area contributed by atoms with Gasteiger partial charge in [0.05, 0.1) is 5.41 Å². The molecule has 27 heavy (non-hydrogen) atoms. The van der Waals surface area contributed by atoms with Crippen LogP contribution in [0.15, 0.2) is 106 Å². The minimum Gasteiger partial charge on any atom is -0.0622 e. The molecule has 0 radical (unpaired) electrons. The second-order valence-electron chi connectivity index (χ2n) is 6.81. The third kappa shape index (κ3) is 2.33. The largest absolute Gasteiger partial charge is 0.0724 e. The standard InChI is InChI=1S/C25H16Br2/c26-22-16-15-20-19-13-7-8-14-21(19)25(23(20)24(22)27,17-9-3-1-4-10-17)18-11-5-2-6-12-18/h1-16H. The molecule has 0 aliphatic heterocycles. The van der Waals surface area contributed by atoms with Gasteiger partial charge in [-0.05, 0) is 71.3 Å². The number of halogens is 2. The zero-order valence-electron chi connectivity index (χ0n) is 14.5. The van der Waals surface area contributed by atoms with Gasteiger partial charge >= 0.3 is 0 Å². The SMILES string of the molecule is Brc1ccc2c(c1Br)C(c1ccccc1)(c1ccccc1)c1ccccc1-2. The van der Waals surface area contributed by atoms with E-state index in [-0.39, 0.29) is 5.41 Å². The Morgan fingerprint density at radius 2 is 1.07 bits per heavy atom. The Balaban J connectivity index is 2.02. The molecule has 0 nitrogen and oxygen atoms in total. The number of fused-ring (bicyclic) bond motifs is 3. The molecule has 0 unspecified atom stereocenters. The lowest BCUT2D eigenvalue weighted by Gasteiger charge is -2.34. The third-order valence-corrected chi connectivity index (χ3v) is 7.52. The highest BCUT2D eigenvalue weighted by Crippen LogP contribution is 2.58. The Morgan fingerprint density at radius 1 is 0.519 bits per heavy atom. The molecule has 4 aromatic carbocycles. The molecule has 4 aromatic rings. The van der Waals surface area contributed by atoms with Crippen LogP contribution in [-0.4, -0.2) is 0 Å². The van der Waals surface area contributed by atoms with Crippen LogP contribution in [0.4, 0.5) is 0 Å². The fraction of sp³-hybridized carbons (Fsp3) is 0.0400. The van der Waals surface area contributed by atoms with E-state index in [1.54, 1.807) is 0 Å². The zero-order chi connectivity index (χ0) is 18.4. The predicted octanol–water partition coefficient (Wildman–Crippen LogP) is 7.57. The predicted molar refractivity (Wildman–Crippen MR) is 119 cm³/mol. The van der Waals surface area contributed by atoms with Crippen LogP contribution in [-0.2, 0) is 5.41 Å². The average molecular weight is 476 g/mol. The molecule has 0 saturated carbocycles. The molecule has 1 aliphatic rings. The fourth-order valence-electron chi connectivity index (χ4n) is 4.46. The molecule has 0 atom stereocenters. The Morgan fingerprint density at radius 3 is 1.70 bits per heavy atom. The lowest BCUT2D eigenvalue weighted by atomic mass is 9.68. The molecule has 0 aromatic heterocycles. The van der Waals surface area contributed by atoms with Gasteiger partial charge in [-0.2, -0.15) is 0 Å². The maximum Gasteiger partial charge on any atom is 0.0724 e. The van der Waals surface area contributed by atoms with E-state index in [1.165, 1.54) is 33.4 Å². The smallest absolute Gasteiger partial charge is 0.0622 e. The fourth-order valence-corrected chi connectivity index (χ4v) is 5.44. The maximum absolute atomic E-state index is 3.91. The van der Waals surface area contributed by atoms with Gasteiger partial charge in [-0.15, -0.1) is 0 Å². The van der Waals surface area contributed by atoms with Gasteiger partial charge in [0.25, 0.3) is 0 Å². The van der Waals surface area contributed by atoms with Gasteiger partial charge in [0.1, 0.15) is 0 Å². The number of hydrogen-bond donors (Lipinski definition) is 0. The highest BCUT2D eigenvalue weighted by Gasteiger charge is 2.47. The van der Waals surface area contributed by atoms with E-state index in [0.29, 0.717) is 0 Å². The van der Waals surface area contributed by atoms with Crippen molar-refractivity contribution < 1.29 is 0 Å². The minimum atomic E-state index is -0.350. The van der Waals surface area contributed by atoms with Gasteiger partial charge in [-0.25, -0.2) is 0 Å². The summed E-state index contributed by atoms with van der Waals surface area (Å²) in [7, 11) is 0. The van der Waals surface area contributed by atoms with Crippen molar-refractivity contribution in [3.05, 3.63) is 128 Å². The number of hydrogen-bond acceptors (Lipinski definition) is 0. The normalized spacial score (nSPS) is 13.9. The summed E-state index contributed by atoms with van der Waals surface area (Å²) in [6.45, 7) is 0. The van der Waals surface area contributed by atoms with E-state index in [1.807, 2.05) is 0 Å². The summed E-state index contributed by atoms with van der Waals surface area (Å²) >= 11 is 7.66. The van der Waals surface area contributed by atoms with Crippen LogP contribution >= 0.6 is 31.9 Å². The Kier molecular flexibility index (Phi) is 4.07. The van der Waals surface area contributed by atoms with Gasteiger partial charge in [0, 0.05) is 8.95 Å². The second-order valence-corrected chi connectivity index (χ2v) is 8.46. The Hall–Kier alpha value is -2.16. The van der Waals surface area contributed by atoms with Crippen LogP contribution in [0.25, 0.3) is 11.1 Å². The quantitative estimate of drug-likeness (QED) is 0.247. The van der Waals surface area contributed by atoms with E-state index < -0.39 is 0 Å². The molecule has 5 rings (SSSR count). The molecule has 0 N–H and O–H groups in total. The summed E-state index contributed by atoms with van der Waals surface area (Å²) in [6, 6.07) is 34.8. The monoisotopic (exact) mass is 474 g/mol. The van der Waals surface area contributed by atoms with Crippen molar-refractivity contribution in [2.24, 2.45) is 0 Å². The highest BCUT2D eigenvalue weighted by molar-refractivity contribution is 9.13. The first-order valence-corrected chi connectivity index (χ1v) is 10.5. The van der Waals surface area contributed by atoms with Crippen LogP contribution in [0.1, 0.15) is 22.3 Å². The zero-order valence-corrected chi connectivity index (χ0v) is 17.7. The molecule has 0 amide bonds. The van der Waals surface area contributed by atoms with Gasteiger partial charge < -0.3 is 0 Å². The number of benzene rings is 4. The molecule has 130 valence electrons. The average Bonchev–Trinajstić information content (AvgIpc) is 3.04. The molecule has 0 bridgehead atoms. The van der Waals surface area contributed by atoms with Crippen LogP contribution in [0, 0.1) is 0 Å². The summed E-state index contributed by atoms with van der Waals surface area (Å²) in [6.07, 6.45) is 0. The van der Waals surface area contributed by atoms with Crippen molar-refractivity contribution in [1.82, 2.24) is 0 Å².